The summed E-state index contributed by atoms with van der Waals surface area (Å²) in [5, 5.41) is 3.83. The Hall–Kier alpha value is -0.800. The van der Waals surface area contributed by atoms with E-state index in [4.69, 9.17) is 11.6 Å². The zero-order valence-corrected chi connectivity index (χ0v) is 12.4. The van der Waals surface area contributed by atoms with Crippen LogP contribution in [0.2, 0.25) is 5.02 Å². The van der Waals surface area contributed by atoms with Crippen LogP contribution < -0.4 is 5.32 Å². The molecule has 0 atom stereocenters. The zero-order chi connectivity index (χ0) is 13.8. The van der Waals surface area contributed by atoms with E-state index < -0.39 is 0 Å². The maximum Gasteiger partial charge on any atom is 0.126 e. The fraction of sp³-hybridized carbons (Fsp3) is 0.600. The first-order chi connectivity index (χ1) is 9.02. The van der Waals surface area contributed by atoms with E-state index in [-0.39, 0.29) is 5.82 Å². The Morgan fingerprint density at radius 1 is 1.32 bits per heavy atom. The van der Waals surface area contributed by atoms with Crippen molar-refractivity contribution >= 4 is 17.3 Å². The summed E-state index contributed by atoms with van der Waals surface area (Å²) in [4.78, 5) is 2.50. The van der Waals surface area contributed by atoms with Gasteiger partial charge in [-0.25, -0.2) is 4.39 Å². The minimum atomic E-state index is -0.285. The summed E-state index contributed by atoms with van der Waals surface area (Å²) < 4.78 is 13.3. The number of hydrogen-bond acceptors (Lipinski definition) is 2. The number of likely N-dealkylation sites (tertiary alicyclic amines) is 1. The number of halogens is 2. The second-order valence-electron chi connectivity index (χ2n) is 5.77. The molecule has 1 aliphatic heterocycles. The Balaban J connectivity index is 1.85. The van der Waals surface area contributed by atoms with Crippen molar-refractivity contribution in [2.45, 2.75) is 32.7 Å². The molecular weight excluding hydrogens is 263 g/mol. The molecule has 1 N–H and O–H groups in total. The van der Waals surface area contributed by atoms with Crippen molar-refractivity contribution in [3.63, 3.8) is 0 Å². The smallest absolute Gasteiger partial charge is 0.126 e. The summed E-state index contributed by atoms with van der Waals surface area (Å²) in [6.45, 7) is 7.88. The number of nitrogens with zero attached hydrogens (tertiary/aromatic N) is 1. The molecule has 1 aromatic carbocycles. The van der Waals surface area contributed by atoms with Gasteiger partial charge in [-0.3, -0.25) is 0 Å². The van der Waals surface area contributed by atoms with Crippen molar-refractivity contribution < 1.29 is 4.39 Å². The van der Waals surface area contributed by atoms with E-state index in [2.05, 4.69) is 24.1 Å². The minimum absolute atomic E-state index is 0.285. The molecule has 0 amide bonds. The lowest BCUT2D eigenvalue weighted by atomic mass is 10.0. The van der Waals surface area contributed by atoms with Crippen LogP contribution in [-0.2, 0) is 0 Å². The van der Waals surface area contributed by atoms with E-state index in [1.54, 1.807) is 6.07 Å². The third kappa shape index (κ3) is 4.66. The van der Waals surface area contributed by atoms with Gasteiger partial charge in [0.15, 0.2) is 0 Å². The predicted octanol–water partition coefficient (Wildman–Crippen LogP) is 4.01. The van der Waals surface area contributed by atoms with E-state index in [9.17, 15) is 4.39 Å². The quantitative estimate of drug-likeness (QED) is 0.899. The first-order valence-corrected chi connectivity index (χ1v) is 7.35. The molecule has 0 aliphatic carbocycles. The maximum absolute atomic E-state index is 13.3. The van der Waals surface area contributed by atoms with Crippen LogP contribution in [0.5, 0.6) is 0 Å². The van der Waals surface area contributed by atoms with Crippen LogP contribution in [0.3, 0.4) is 0 Å². The molecule has 1 heterocycles. The second kappa shape index (κ2) is 6.58. The van der Waals surface area contributed by atoms with Gasteiger partial charge in [0.25, 0.3) is 0 Å². The van der Waals surface area contributed by atoms with Crippen molar-refractivity contribution in [3.05, 3.63) is 29.0 Å². The van der Waals surface area contributed by atoms with Gasteiger partial charge in [-0.05, 0) is 37.0 Å². The lowest BCUT2D eigenvalue weighted by Gasteiger charge is -2.33. The molecular formula is C15H22ClFN2. The summed E-state index contributed by atoms with van der Waals surface area (Å²) >= 11 is 5.86. The van der Waals surface area contributed by atoms with Gasteiger partial charge in [-0.1, -0.05) is 25.4 Å². The van der Waals surface area contributed by atoms with Crippen molar-refractivity contribution in [1.29, 1.82) is 0 Å². The zero-order valence-electron chi connectivity index (χ0n) is 11.6. The average Bonchev–Trinajstić information content (AvgIpc) is 2.29. The van der Waals surface area contributed by atoms with Crippen molar-refractivity contribution in [2.75, 3.05) is 25.0 Å². The molecule has 106 valence electrons. The van der Waals surface area contributed by atoms with E-state index >= 15 is 0 Å². The monoisotopic (exact) mass is 284 g/mol. The Bertz CT molecular complexity index is 394. The first-order valence-electron chi connectivity index (χ1n) is 6.98. The lowest BCUT2D eigenvalue weighted by Crippen LogP contribution is -2.40. The van der Waals surface area contributed by atoms with Crippen LogP contribution in [0.4, 0.5) is 10.1 Å². The molecule has 19 heavy (non-hydrogen) atoms. The van der Waals surface area contributed by atoms with Gasteiger partial charge in [0, 0.05) is 36.4 Å². The number of anilines is 1. The Kier molecular flexibility index (Phi) is 5.06. The van der Waals surface area contributed by atoms with Crippen LogP contribution in [0.15, 0.2) is 18.2 Å². The summed E-state index contributed by atoms with van der Waals surface area (Å²) in [6, 6.07) is 5.04. The molecule has 2 nitrogen and oxygen atoms in total. The third-order valence-electron chi connectivity index (χ3n) is 3.44. The third-order valence-corrected chi connectivity index (χ3v) is 3.66. The number of piperidine rings is 1. The van der Waals surface area contributed by atoms with Gasteiger partial charge in [0.05, 0.1) is 0 Å². The van der Waals surface area contributed by atoms with E-state index in [0.717, 1.165) is 31.6 Å². The van der Waals surface area contributed by atoms with Gasteiger partial charge >= 0.3 is 0 Å². The van der Waals surface area contributed by atoms with E-state index in [1.165, 1.54) is 18.7 Å². The summed E-state index contributed by atoms with van der Waals surface area (Å²) in [5.41, 5.74) is 0.785. The molecule has 0 saturated carbocycles. The van der Waals surface area contributed by atoms with Crippen LogP contribution in [0.1, 0.15) is 26.7 Å². The van der Waals surface area contributed by atoms with Crippen molar-refractivity contribution in [3.8, 4) is 0 Å². The van der Waals surface area contributed by atoms with Gasteiger partial charge in [0.2, 0.25) is 0 Å². The molecule has 0 unspecified atom stereocenters. The number of hydrogen-bond donors (Lipinski definition) is 1. The Morgan fingerprint density at radius 2 is 2.00 bits per heavy atom. The highest BCUT2D eigenvalue weighted by molar-refractivity contribution is 6.30. The van der Waals surface area contributed by atoms with Crippen LogP contribution >= 0.6 is 11.6 Å². The van der Waals surface area contributed by atoms with Crippen LogP contribution in [-0.4, -0.2) is 30.6 Å². The van der Waals surface area contributed by atoms with Gasteiger partial charge in [-0.15, -0.1) is 0 Å². The number of nitrogens with one attached hydrogen (secondary N) is 1. The van der Waals surface area contributed by atoms with Crippen molar-refractivity contribution in [1.82, 2.24) is 4.90 Å². The van der Waals surface area contributed by atoms with Gasteiger partial charge in [-0.2, -0.15) is 0 Å². The highest BCUT2D eigenvalue weighted by Crippen LogP contribution is 2.21. The largest absolute Gasteiger partial charge is 0.382 e. The molecule has 2 rings (SSSR count). The van der Waals surface area contributed by atoms with Crippen molar-refractivity contribution in [2.24, 2.45) is 5.92 Å². The number of benzene rings is 1. The van der Waals surface area contributed by atoms with Gasteiger partial charge < -0.3 is 10.2 Å². The summed E-state index contributed by atoms with van der Waals surface area (Å²) in [7, 11) is 0. The molecule has 4 heteroatoms. The molecule has 1 aliphatic rings. The average molecular weight is 285 g/mol. The summed E-state index contributed by atoms with van der Waals surface area (Å²) in [5.74, 6) is 0.429. The Morgan fingerprint density at radius 3 is 2.58 bits per heavy atom. The standard InChI is InChI=1S/C15H22ClFN2/c1-11(2)10-19-5-3-14(4-6-19)18-15-8-12(16)7-13(17)9-15/h7-9,11,14,18H,3-6,10H2,1-2H3. The normalized spacial score (nSPS) is 17.9. The van der Waals surface area contributed by atoms with Crippen LogP contribution in [0.25, 0.3) is 0 Å². The van der Waals surface area contributed by atoms with E-state index in [0.29, 0.717) is 17.0 Å². The molecule has 0 bridgehead atoms. The first kappa shape index (κ1) is 14.6. The molecule has 1 saturated heterocycles. The Labute approximate surface area is 119 Å². The predicted molar refractivity (Wildman–Crippen MR) is 79.3 cm³/mol. The lowest BCUT2D eigenvalue weighted by molar-refractivity contribution is 0.198. The number of rotatable bonds is 4. The highest BCUT2D eigenvalue weighted by atomic mass is 35.5. The fourth-order valence-corrected chi connectivity index (χ4v) is 2.87. The molecule has 0 spiro atoms. The van der Waals surface area contributed by atoms with Gasteiger partial charge in [0.1, 0.15) is 5.82 Å². The molecule has 0 radical (unpaired) electrons. The summed E-state index contributed by atoms with van der Waals surface area (Å²) in [6.07, 6.45) is 2.20. The van der Waals surface area contributed by atoms with E-state index in [1.807, 2.05) is 0 Å². The molecule has 1 aromatic rings. The van der Waals surface area contributed by atoms with Crippen LogP contribution in [0, 0.1) is 11.7 Å². The maximum atomic E-state index is 13.3. The molecule has 0 aromatic heterocycles. The fourth-order valence-electron chi connectivity index (χ4n) is 2.65. The highest BCUT2D eigenvalue weighted by Gasteiger charge is 2.19. The molecule has 1 fully saturated rings. The topological polar surface area (TPSA) is 15.3 Å². The second-order valence-corrected chi connectivity index (χ2v) is 6.21. The SMILES string of the molecule is CC(C)CN1CCC(Nc2cc(F)cc(Cl)c2)CC1. The minimum Gasteiger partial charge on any atom is -0.382 e.